The Kier molecular flexibility index (Phi) is 13.7. The zero-order chi connectivity index (χ0) is 36.3. The Morgan fingerprint density at radius 1 is 0.980 bits per heavy atom. The summed E-state index contributed by atoms with van der Waals surface area (Å²) in [6.45, 7) is 8.07. The van der Waals surface area contributed by atoms with E-state index in [4.69, 9.17) is 4.98 Å². The lowest BCUT2D eigenvalue weighted by Crippen LogP contribution is -2.40. The number of methoxy groups -OCH3 is 1. The molecule has 4 aromatic heterocycles. The minimum absolute atomic E-state index is 0.123. The van der Waals surface area contributed by atoms with E-state index in [1.165, 1.54) is 58.0 Å². The summed E-state index contributed by atoms with van der Waals surface area (Å²) in [6, 6.07) is 15.4. The molecule has 10 nitrogen and oxygen atoms in total. The van der Waals surface area contributed by atoms with Gasteiger partial charge in [0, 0.05) is 34.8 Å². The summed E-state index contributed by atoms with van der Waals surface area (Å²) in [4.78, 5) is 42.0. The maximum atomic E-state index is 12.7. The van der Waals surface area contributed by atoms with Crippen LogP contribution in [0.25, 0.3) is 53.9 Å². The van der Waals surface area contributed by atoms with Gasteiger partial charge in [-0.15, -0.1) is 34.3 Å². The number of rotatable bonds is 10. The number of amides is 2. The highest BCUT2D eigenvalue weighted by Gasteiger charge is 2.21. The van der Waals surface area contributed by atoms with Gasteiger partial charge in [-0.1, -0.05) is 57.5 Å². The molecule has 1 aliphatic heterocycles. The van der Waals surface area contributed by atoms with Crippen molar-refractivity contribution in [3.63, 3.8) is 0 Å². The SMILES string of the molecule is CCC.CCCN(Cc1ncc(-c2ccc(-c3csc4c(-c5ccc6nc(C7CCCN7)[nH]c6c5)csc34)cc2)[nH]1)C(=O)CNC(=O)OC.CCl. The maximum absolute atomic E-state index is 12.7. The van der Waals surface area contributed by atoms with Gasteiger partial charge < -0.3 is 30.2 Å². The number of carbonyl (C=O) groups excluding carboxylic acids is 2. The van der Waals surface area contributed by atoms with Crippen LogP contribution in [0.2, 0.25) is 0 Å². The predicted molar refractivity (Wildman–Crippen MR) is 212 cm³/mol. The molecular weight excluding hydrogens is 702 g/mol. The van der Waals surface area contributed by atoms with Gasteiger partial charge in [-0.25, -0.2) is 14.8 Å². The Balaban J connectivity index is 0.000000959. The number of hydrogen-bond acceptors (Lipinski definition) is 8. The molecule has 13 heteroatoms. The molecule has 1 saturated heterocycles. The zero-order valence-electron chi connectivity index (χ0n) is 29.8. The molecule has 6 aromatic rings. The molecule has 1 fully saturated rings. The molecule has 0 radical (unpaired) electrons. The van der Waals surface area contributed by atoms with E-state index in [-0.39, 0.29) is 12.5 Å². The van der Waals surface area contributed by atoms with Crippen LogP contribution in [0.15, 0.2) is 59.4 Å². The van der Waals surface area contributed by atoms with Gasteiger partial charge >= 0.3 is 6.09 Å². The van der Waals surface area contributed by atoms with Crippen molar-refractivity contribution in [1.82, 2.24) is 35.5 Å². The Morgan fingerprint density at radius 2 is 1.65 bits per heavy atom. The van der Waals surface area contributed by atoms with E-state index in [1.807, 2.05) is 6.92 Å². The fourth-order valence-corrected chi connectivity index (χ4v) is 8.45. The number of benzene rings is 2. The Bertz CT molecular complexity index is 2030. The average Bonchev–Trinajstić information content (AvgIpc) is 4.00. The van der Waals surface area contributed by atoms with E-state index in [2.05, 4.69) is 109 Å². The fourth-order valence-electron chi connectivity index (χ4n) is 5.99. The second kappa shape index (κ2) is 18.3. The molecule has 0 saturated carbocycles. The molecule has 0 aliphatic carbocycles. The highest BCUT2D eigenvalue weighted by molar-refractivity contribution is 7.27. The normalized spacial score (nSPS) is 13.7. The van der Waals surface area contributed by atoms with E-state index in [0.29, 0.717) is 25.0 Å². The van der Waals surface area contributed by atoms with Gasteiger partial charge in [-0.2, -0.15) is 0 Å². The highest BCUT2D eigenvalue weighted by atomic mass is 35.5. The number of nitrogens with zero attached hydrogens (tertiary/aromatic N) is 3. The van der Waals surface area contributed by atoms with Crippen molar-refractivity contribution < 1.29 is 14.3 Å². The molecule has 0 bridgehead atoms. The first-order chi connectivity index (χ1) is 24.9. The molecule has 0 spiro atoms. The van der Waals surface area contributed by atoms with Crippen molar-refractivity contribution in [2.24, 2.45) is 0 Å². The lowest BCUT2D eigenvalue weighted by Gasteiger charge is -2.21. The highest BCUT2D eigenvalue weighted by Crippen LogP contribution is 2.44. The van der Waals surface area contributed by atoms with Gasteiger partial charge in [0.25, 0.3) is 0 Å². The Morgan fingerprint density at radius 3 is 2.29 bits per heavy atom. The van der Waals surface area contributed by atoms with Gasteiger partial charge in [0.05, 0.1) is 52.0 Å². The Labute approximate surface area is 312 Å². The number of fused-ring (bicyclic) bond motifs is 2. The first kappa shape index (κ1) is 38.0. The summed E-state index contributed by atoms with van der Waals surface area (Å²) in [7, 11) is 1.27. The van der Waals surface area contributed by atoms with Crippen molar-refractivity contribution in [2.45, 2.75) is 59.0 Å². The van der Waals surface area contributed by atoms with Crippen LogP contribution < -0.4 is 10.6 Å². The monoisotopic (exact) mass is 747 g/mol. The molecular formula is C38H46ClN7O3S2. The second-order valence-electron chi connectivity index (χ2n) is 12.1. The lowest BCUT2D eigenvalue weighted by molar-refractivity contribution is -0.130. The van der Waals surface area contributed by atoms with Crippen LogP contribution in [0.5, 0.6) is 0 Å². The van der Waals surface area contributed by atoms with Gasteiger partial charge in [0.15, 0.2) is 0 Å². The Hall–Kier alpha value is -4.23. The summed E-state index contributed by atoms with van der Waals surface area (Å²) in [6.07, 6.45) is 6.99. The van der Waals surface area contributed by atoms with Crippen LogP contribution in [-0.4, -0.2) is 70.0 Å². The quantitative estimate of drug-likeness (QED) is 0.103. The number of imidazole rings is 2. The topological polar surface area (TPSA) is 128 Å². The van der Waals surface area contributed by atoms with Crippen LogP contribution in [-0.2, 0) is 16.1 Å². The summed E-state index contributed by atoms with van der Waals surface area (Å²) < 4.78 is 7.16. The number of aromatic amines is 2. The predicted octanol–water partition coefficient (Wildman–Crippen LogP) is 9.35. The smallest absolute Gasteiger partial charge is 0.407 e. The van der Waals surface area contributed by atoms with Gasteiger partial charge in [0.2, 0.25) is 5.91 Å². The third kappa shape index (κ3) is 8.99. The molecule has 2 amide bonds. The standard InChI is InChI=1S/C34H35N7O3S2.C3H8.CH3Cl/c1-3-13-41(30(42)16-37-34(43)44-2)17-29-36-15-28(38-29)21-8-6-20(7-9-21)23-18-45-32-24(19-46-31(23)32)22-10-11-25-27(14-22)40-33(39-25)26-5-4-12-35-26;1-3-2;1-2/h6-11,14-15,18-19,26,35H,3-5,12-13,16-17H2,1-2H3,(H,36,38)(H,37,43)(H,39,40);3H2,1-2H3;1H3. The maximum Gasteiger partial charge on any atom is 0.407 e. The van der Waals surface area contributed by atoms with E-state index in [9.17, 15) is 9.59 Å². The summed E-state index contributed by atoms with van der Waals surface area (Å²) in [5.41, 5.74) is 8.84. The minimum atomic E-state index is -0.630. The van der Waals surface area contributed by atoms with Gasteiger partial charge in [-0.05, 0) is 54.6 Å². The number of aromatic nitrogens is 4. The molecule has 51 heavy (non-hydrogen) atoms. The summed E-state index contributed by atoms with van der Waals surface area (Å²) in [5.74, 6) is 1.53. The second-order valence-corrected chi connectivity index (χ2v) is 13.9. The fraction of sp³-hybridized carbons (Fsp3) is 0.368. The molecule has 270 valence electrons. The van der Waals surface area contributed by atoms with Gasteiger partial charge in [-0.3, -0.25) is 4.79 Å². The number of thiophene rings is 2. The third-order valence-electron chi connectivity index (χ3n) is 8.38. The van der Waals surface area contributed by atoms with E-state index in [1.54, 1.807) is 33.8 Å². The number of ether oxygens (including phenoxy) is 1. The largest absolute Gasteiger partial charge is 0.453 e. The van der Waals surface area contributed by atoms with Crippen LogP contribution in [0.1, 0.15) is 64.1 Å². The lowest BCUT2D eigenvalue weighted by atomic mass is 10.0. The number of nitrogens with one attached hydrogen (secondary N) is 4. The molecule has 4 N–H and O–H groups in total. The van der Waals surface area contributed by atoms with Crippen LogP contribution in [0, 0.1) is 0 Å². The van der Waals surface area contributed by atoms with Crippen molar-refractivity contribution in [3.05, 3.63) is 71.1 Å². The van der Waals surface area contributed by atoms with Crippen LogP contribution in [0.3, 0.4) is 0 Å². The first-order valence-electron chi connectivity index (χ1n) is 17.3. The van der Waals surface area contributed by atoms with E-state index >= 15 is 0 Å². The summed E-state index contributed by atoms with van der Waals surface area (Å²) in [5, 5.41) is 10.5. The van der Waals surface area contributed by atoms with Crippen LogP contribution in [0.4, 0.5) is 4.79 Å². The first-order valence-corrected chi connectivity index (χ1v) is 19.8. The number of carbonyl (C=O) groups is 2. The van der Waals surface area contributed by atoms with Gasteiger partial charge in [0.1, 0.15) is 18.2 Å². The summed E-state index contributed by atoms with van der Waals surface area (Å²) >= 11 is 8.21. The molecule has 1 aliphatic rings. The molecule has 1 unspecified atom stereocenters. The minimum Gasteiger partial charge on any atom is -0.453 e. The van der Waals surface area contributed by atoms with Crippen molar-refractivity contribution in [2.75, 3.05) is 33.1 Å². The zero-order valence-corrected chi connectivity index (χ0v) is 32.2. The number of H-pyrrole nitrogens is 2. The molecule has 2 aromatic carbocycles. The number of halogens is 1. The van der Waals surface area contributed by atoms with Crippen molar-refractivity contribution in [3.8, 4) is 33.5 Å². The van der Waals surface area contributed by atoms with E-state index < -0.39 is 6.09 Å². The third-order valence-corrected chi connectivity index (χ3v) is 10.5. The molecule has 5 heterocycles. The van der Waals surface area contributed by atoms with Crippen LogP contribution >= 0.6 is 34.3 Å². The van der Waals surface area contributed by atoms with Crippen molar-refractivity contribution >= 4 is 66.7 Å². The molecule has 1 atom stereocenters. The molecule has 7 rings (SSSR count). The average molecular weight is 748 g/mol. The number of hydrogen-bond donors (Lipinski definition) is 4. The number of alkyl halides is 1. The van der Waals surface area contributed by atoms with Crippen molar-refractivity contribution in [1.29, 1.82) is 0 Å². The van der Waals surface area contributed by atoms with E-state index in [0.717, 1.165) is 47.5 Å². The number of alkyl carbamates (subject to hydrolysis) is 1.